The number of hydrogen-bond donors (Lipinski definition) is 1. The fourth-order valence-electron chi connectivity index (χ4n) is 1.76. The van der Waals surface area contributed by atoms with Crippen LogP contribution in [0.15, 0.2) is 41.1 Å². The summed E-state index contributed by atoms with van der Waals surface area (Å²) < 4.78 is 44.2. The Labute approximate surface area is 125 Å². The second kappa shape index (κ2) is 8.11. The molecule has 0 aliphatic heterocycles. The molecule has 0 aliphatic carbocycles. The molecule has 0 saturated heterocycles. The van der Waals surface area contributed by atoms with Crippen molar-refractivity contribution in [3.05, 3.63) is 36.2 Å². The second-order valence-corrected chi connectivity index (χ2v) is 6.17. The fourth-order valence-corrected chi connectivity index (χ4v) is 3.22. The standard InChI is InChI=1S/C14H21FN2O3S/c1-3-17(4-2)21(18,19)14-7-5-13(6-8-14)20-11-12(15)9-10-16/h5-9H,3-4,10-11,16H2,1-2H3. The van der Waals surface area contributed by atoms with E-state index in [4.69, 9.17) is 10.5 Å². The molecule has 0 spiro atoms. The van der Waals surface area contributed by atoms with Crippen molar-refractivity contribution >= 4 is 10.0 Å². The van der Waals surface area contributed by atoms with Gasteiger partial charge in [0.15, 0.2) is 0 Å². The first-order chi connectivity index (χ1) is 9.95. The van der Waals surface area contributed by atoms with E-state index in [0.717, 1.165) is 0 Å². The Kier molecular flexibility index (Phi) is 6.80. The van der Waals surface area contributed by atoms with Crippen LogP contribution in [0, 0.1) is 0 Å². The summed E-state index contributed by atoms with van der Waals surface area (Å²) in [4.78, 5) is 0.191. The molecule has 0 radical (unpaired) electrons. The van der Waals surface area contributed by atoms with E-state index in [9.17, 15) is 12.8 Å². The molecule has 118 valence electrons. The van der Waals surface area contributed by atoms with Gasteiger partial charge in [-0.25, -0.2) is 12.8 Å². The second-order valence-electron chi connectivity index (χ2n) is 4.24. The molecule has 5 nitrogen and oxygen atoms in total. The minimum atomic E-state index is -3.48. The average molecular weight is 316 g/mol. The normalized spacial score (nSPS) is 12.7. The summed E-state index contributed by atoms with van der Waals surface area (Å²) in [6.07, 6.45) is 1.22. The Hall–Kier alpha value is -1.44. The van der Waals surface area contributed by atoms with Gasteiger partial charge in [-0.2, -0.15) is 4.31 Å². The summed E-state index contributed by atoms with van der Waals surface area (Å²) in [6.45, 7) is 4.27. The molecule has 0 amide bonds. The van der Waals surface area contributed by atoms with Crippen LogP contribution in [0.25, 0.3) is 0 Å². The van der Waals surface area contributed by atoms with Crippen molar-refractivity contribution in [1.82, 2.24) is 4.31 Å². The number of ether oxygens (including phenoxy) is 1. The van der Waals surface area contributed by atoms with Crippen LogP contribution in [-0.2, 0) is 10.0 Å². The summed E-state index contributed by atoms with van der Waals surface area (Å²) in [7, 11) is -3.48. The first-order valence-electron chi connectivity index (χ1n) is 6.73. The Morgan fingerprint density at radius 3 is 2.33 bits per heavy atom. The third-order valence-electron chi connectivity index (χ3n) is 2.88. The minimum Gasteiger partial charge on any atom is -0.487 e. The highest BCUT2D eigenvalue weighted by Crippen LogP contribution is 2.19. The van der Waals surface area contributed by atoms with Crippen LogP contribution in [0.3, 0.4) is 0 Å². The summed E-state index contributed by atoms with van der Waals surface area (Å²) in [5, 5.41) is 0. The first kappa shape index (κ1) is 17.6. The molecule has 0 bridgehead atoms. The van der Waals surface area contributed by atoms with Gasteiger partial charge < -0.3 is 10.5 Å². The van der Waals surface area contributed by atoms with E-state index in [1.165, 1.54) is 34.6 Å². The number of rotatable bonds is 8. The molecule has 0 heterocycles. The summed E-state index contributed by atoms with van der Waals surface area (Å²) in [5.41, 5.74) is 5.18. The van der Waals surface area contributed by atoms with Gasteiger partial charge >= 0.3 is 0 Å². The summed E-state index contributed by atoms with van der Waals surface area (Å²) in [5.74, 6) is -0.0635. The molecule has 0 unspecified atom stereocenters. The third kappa shape index (κ3) is 4.80. The van der Waals surface area contributed by atoms with Crippen LogP contribution in [-0.4, -0.2) is 39.0 Å². The summed E-state index contributed by atoms with van der Waals surface area (Å²) >= 11 is 0. The van der Waals surface area contributed by atoms with Crippen LogP contribution in [0.1, 0.15) is 13.8 Å². The Morgan fingerprint density at radius 2 is 1.86 bits per heavy atom. The molecule has 0 saturated carbocycles. The predicted octanol–water partition coefficient (Wildman–Crippen LogP) is 1.91. The van der Waals surface area contributed by atoms with E-state index >= 15 is 0 Å². The van der Waals surface area contributed by atoms with Gasteiger partial charge in [0.2, 0.25) is 10.0 Å². The van der Waals surface area contributed by atoms with E-state index in [-0.39, 0.29) is 18.0 Å². The molecular formula is C14H21FN2O3S. The minimum absolute atomic E-state index is 0.107. The van der Waals surface area contributed by atoms with Gasteiger partial charge in [-0.3, -0.25) is 0 Å². The molecular weight excluding hydrogens is 295 g/mol. The molecule has 1 aromatic carbocycles. The van der Waals surface area contributed by atoms with Crippen molar-refractivity contribution in [3.8, 4) is 5.75 Å². The molecule has 0 aliphatic rings. The molecule has 1 aromatic rings. The maximum Gasteiger partial charge on any atom is 0.243 e. The van der Waals surface area contributed by atoms with Crippen molar-refractivity contribution in [2.45, 2.75) is 18.7 Å². The lowest BCUT2D eigenvalue weighted by atomic mass is 10.3. The van der Waals surface area contributed by atoms with Crippen LogP contribution in [0.2, 0.25) is 0 Å². The van der Waals surface area contributed by atoms with Gasteiger partial charge in [-0.15, -0.1) is 0 Å². The molecule has 7 heteroatoms. The largest absolute Gasteiger partial charge is 0.487 e. The van der Waals surface area contributed by atoms with E-state index in [2.05, 4.69) is 0 Å². The fraction of sp³-hybridized carbons (Fsp3) is 0.429. The van der Waals surface area contributed by atoms with Crippen LogP contribution < -0.4 is 10.5 Å². The van der Waals surface area contributed by atoms with E-state index in [1.54, 1.807) is 13.8 Å². The number of nitrogens with zero attached hydrogens (tertiary/aromatic N) is 1. The molecule has 1 rings (SSSR count). The highest BCUT2D eigenvalue weighted by Gasteiger charge is 2.21. The van der Waals surface area contributed by atoms with Crippen molar-refractivity contribution < 1.29 is 17.5 Å². The smallest absolute Gasteiger partial charge is 0.243 e. The zero-order valence-electron chi connectivity index (χ0n) is 12.3. The lowest BCUT2D eigenvalue weighted by molar-refractivity contribution is 0.318. The van der Waals surface area contributed by atoms with Crippen LogP contribution in [0.5, 0.6) is 5.75 Å². The number of benzene rings is 1. The highest BCUT2D eigenvalue weighted by molar-refractivity contribution is 7.89. The Morgan fingerprint density at radius 1 is 1.29 bits per heavy atom. The zero-order valence-corrected chi connectivity index (χ0v) is 13.1. The topological polar surface area (TPSA) is 72.6 Å². The molecule has 0 fully saturated rings. The number of hydrogen-bond acceptors (Lipinski definition) is 4. The van der Waals surface area contributed by atoms with E-state index in [1.807, 2.05) is 0 Å². The van der Waals surface area contributed by atoms with Gasteiger partial charge in [0.05, 0.1) is 4.90 Å². The predicted molar refractivity (Wildman–Crippen MR) is 80.3 cm³/mol. The quantitative estimate of drug-likeness (QED) is 0.795. The van der Waals surface area contributed by atoms with Crippen molar-refractivity contribution in [3.63, 3.8) is 0 Å². The van der Waals surface area contributed by atoms with E-state index in [0.29, 0.717) is 18.8 Å². The van der Waals surface area contributed by atoms with Gasteiger partial charge in [-0.1, -0.05) is 13.8 Å². The average Bonchev–Trinajstić information content (AvgIpc) is 2.47. The van der Waals surface area contributed by atoms with Crippen LogP contribution >= 0.6 is 0 Å². The van der Waals surface area contributed by atoms with Crippen molar-refractivity contribution in [2.24, 2.45) is 5.73 Å². The SMILES string of the molecule is CCN(CC)S(=O)(=O)c1ccc(OCC(F)=CCN)cc1. The van der Waals surface area contributed by atoms with Gasteiger partial charge in [0.1, 0.15) is 18.2 Å². The monoisotopic (exact) mass is 316 g/mol. The molecule has 0 aromatic heterocycles. The first-order valence-corrected chi connectivity index (χ1v) is 8.17. The van der Waals surface area contributed by atoms with Gasteiger partial charge in [-0.05, 0) is 30.3 Å². The van der Waals surface area contributed by atoms with Gasteiger partial charge in [0.25, 0.3) is 0 Å². The number of halogens is 1. The Bertz CT molecular complexity index is 566. The number of sulfonamides is 1. The van der Waals surface area contributed by atoms with Crippen molar-refractivity contribution in [1.29, 1.82) is 0 Å². The maximum atomic E-state index is 13.1. The Balaban J connectivity index is 2.81. The maximum absolute atomic E-state index is 13.1. The highest BCUT2D eigenvalue weighted by atomic mass is 32.2. The molecule has 21 heavy (non-hydrogen) atoms. The summed E-state index contributed by atoms with van der Waals surface area (Å²) in [6, 6.07) is 5.92. The third-order valence-corrected chi connectivity index (χ3v) is 4.95. The van der Waals surface area contributed by atoms with Crippen LogP contribution in [0.4, 0.5) is 4.39 Å². The zero-order chi connectivity index (χ0) is 15.9. The van der Waals surface area contributed by atoms with Crippen molar-refractivity contribution in [2.75, 3.05) is 26.2 Å². The lowest BCUT2D eigenvalue weighted by Gasteiger charge is -2.18. The lowest BCUT2D eigenvalue weighted by Crippen LogP contribution is -2.30. The van der Waals surface area contributed by atoms with E-state index < -0.39 is 15.9 Å². The van der Waals surface area contributed by atoms with Gasteiger partial charge in [0, 0.05) is 19.6 Å². The number of nitrogens with two attached hydrogens (primary N) is 1. The molecule has 0 atom stereocenters. The molecule has 2 N–H and O–H groups in total.